The number of rotatable bonds is 6. The van der Waals surface area contributed by atoms with Crippen LogP contribution in [0.2, 0.25) is 0 Å². The number of ether oxygens (including phenoxy) is 1. The van der Waals surface area contributed by atoms with Crippen molar-refractivity contribution in [1.82, 2.24) is 25.4 Å². The molecule has 11 heteroatoms. The van der Waals surface area contributed by atoms with Crippen molar-refractivity contribution >= 4 is 36.0 Å². The lowest BCUT2D eigenvalue weighted by molar-refractivity contribution is 0.0963. The SMILES string of the molecule is CCOC(=O)N1CCC(NC(N)=NCCc2nc(-c3ccco3)n[nH]2)CC1.I. The quantitative estimate of drug-likeness (QED) is 0.311. The molecule has 0 saturated carbocycles. The van der Waals surface area contributed by atoms with Gasteiger partial charge >= 0.3 is 6.09 Å². The first-order valence-electron chi connectivity index (χ1n) is 9.09. The molecule has 1 saturated heterocycles. The minimum atomic E-state index is -0.251. The number of aromatic amines is 1. The molecule has 2 aromatic rings. The lowest BCUT2D eigenvalue weighted by Crippen LogP contribution is -2.48. The molecule has 4 N–H and O–H groups in total. The van der Waals surface area contributed by atoms with Crippen LogP contribution in [0.1, 0.15) is 25.6 Å². The van der Waals surface area contributed by atoms with Gasteiger partial charge in [0.1, 0.15) is 5.82 Å². The summed E-state index contributed by atoms with van der Waals surface area (Å²) in [5.74, 6) is 2.27. The van der Waals surface area contributed by atoms with E-state index in [1.807, 2.05) is 0 Å². The number of piperidine rings is 1. The van der Waals surface area contributed by atoms with E-state index in [1.54, 1.807) is 30.2 Å². The Morgan fingerprint density at radius 3 is 2.96 bits per heavy atom. The smallest absolute Gasteiger partial charge is 0.409 e. The zero-order chi connectivity index (χ0) is 19.1. The summed E-state index contributed by atoms with van der Waals surface area (Å²) in [5.41, 5.74) is 5.97. The highest BCUT2D eigenvalue weighted by molar-refractivity contribution is 14.0. The monoisotopic (exact) mass is 503 g/mol. The third kappa shape index (κ3) is 6.11. The van der Waals surface area contributed by atoms with E-state index in [9.17, 15) is 4.79 Å². The first-order valence-corrected chi connectivity index (χ1v) is 9.09. The van der Waals surface area contributed by atoms with Crippen LogP contribution in [-0.2, 0) is 11.2 Å². The normalized spacial score (nSPS) is 15.2. The number of carbonyl (C=O) groups excluding carboxylic acids is 1. The average Bonchev–Trinajstić information content (AvgIpc) is 3.34. The van der Waals surface area contributed by atoms with Gasteiger partial charge in [-0.1, -0.05) is 0 Å². The summed E-state index contributed by atoms with van der Waals surface area (Å²) in [6, 6.07) is 3.80. The van der Waals surface area contributed by atoms with Crippen molar-refractivity contribution in [3.05, 3.63) is 24.2 Å². The Bertz CT molecular complexity index is 755. The molecule has 0 aromatic carbocycles. The zero-order valence-corrected chi connectivity index (χ0v) is 18.1. The predicted molar refractivity (Wildman–Crippen MR) is 114 cm³/mol. The van der Waals surface area contributed by atoms with Crippen molar-refractivity contribution in [2.75, 3.05) is 26.2 Å². The standard InChI is InChI=1S/C17H25N7O3.HI/c1-2-26-17(25)24-9-6-12(7-10-24)20-16(18)19-8-5-14-21-15(23-22-14)13-4-3-11-27-13;/h3-4,11-12H,2,5-10H2,1H3,(H3,18,19,20)(H,21,22,23);1H. The van der Waals surface area contributed by atoms with Gasteiger partial charge in [-0.25, -0.2) is 9.78 Å². The van der Waals surface area contributed by atoms with E-state index in [-0.39, 0.29) is 36.1 Å². The van der Waals surface area contributed by atoms with Gasteiger partial charge in [0, 0.05) is 32.1 Å². The number of hydrogen-bond acceptors (Lipinski definition) is 6. The van der Waals surface area contributed by atoms with Crippen LogP contribution in [-0.4, -0.2) is 64.4 Å². The van der Waals surface area contributed by atoms with Crippen LogP contribution >= 0.6 is 24.0 Å². The number of halogens is 1. The molecule has 2 aromatic heterocycles. The minimum absolute atomic E-state index is 0. The van der Waals surface area contributed by atoms with Crippen molar-refractivity contribution in [3.63, 3.8) is 0 Å². The largest absolute Gasteiger partial charge is 0.461 e. The second-order valence-corrected chi connectivity index (χ2v) is 6.20. The first-order chi connectivity index (χ1) is 13.2. The molecule has 0 unspecified atom stereocenters. The number of nitrogens with one attached hydrogen (secondary N) is 2. The third-order valence-corrected chi connectivity index (χ3v) is 4.28. The number of guanidine groups is 1. The zero-order valence-electron chi connectivity index (χ0n) is 15.8. The number of aliphatic imine (C=N–C) groups is 1. The molecule has 1 aliphatic heterocycles. The molecule has 154 valence electrons. The second-order valence-electron chi connectivity index (χ2n) is 6.20. The number of likely N-dealkylation sites (tertiary alicyclic amines) is 1. The first kappa shape index (κ1) is 22.0. The number of hydrogen-bond donors (Lipinski definition) is 3. The van der Waals surface area contributed by atoms with E-state index in [4.69, 9.17) is 14.9 Å². The molecule has 0 aliphatic carbocycles. The fraction of sp³-hybridized carbons (Fsp3) is 0.529. The number of nitrogens with two attached hydrogens (primary N) is 1. The maximum Gasteiger partial charge on any atom is 0.409 e. The summed E-state index contributed by atoms with van der Waals surface area (Å²) < 4.78 is 10.3. The van der Waals surface area contributed by atoms with Gasteiger partial charge in [-0.3, -0.25) is 10.1 Å². The van der Waals surface area contributed by atoms with E-state index >= 15 is 0 Å². The Balaban J connectivity index is 0.00000280. The number of aromatic nitrogens is 3. The van der Waals surface area contributed by atoms with Gasteiger partial charge in [0.15, 0.2) is 11.7 Å². The predicted octanol–water partition coefficient (Wildman–Crippen LogP) is 1.75. The summed E-state index contributed by atoms with van der Waals surface area (Å²) in [4.78, 5) is 22.1. The van der Waals surface area contributed by atoms with E-state index in [2.05, 4.69) is 25.5 Å². The van der Waals surface area contributed by atoms with Gasteiger partial charge in [-0.05, 0) is 31.9 Å². The lowest BCUT2D eigenvalue weighted by Gasteiger charge is -2.31. The van der Waals surface area contributed by atoms with Crippen LogP contribution in [0.15, 0.2) is 27.8 Å². The molecule has 1 aliphatic rings. The minimum Gasteiger partial charge on any atom is -0.461 e. The van der Waals surface area contributed by atoms with Crippen molar-refractivity contribution in [2.24, 2.45) is 10.7 Å². The molecular weight excluding hydrogens is 477 g/mol. The van der Waals surface area contributed by atoms with Crippen molar-refractivity contribution in [1.29, 1.82) is 0 Å². The Kier molecular flexibility index (Phi) is 8.54. The van der Waals surface area contributed by atoms with E-state index in [0.717, 1.165) is 18.7 Å². The number of amides is 1. The van der Waals surface area contributed by atoms with Gasteiger partial charge in [0.25, 0.3) is 0 Å². The highest BCUT2D eigenvalue weighted by Gasteiger charge is 2.23. The topological polar surface area (TPSA) is 135 Å². The van der Waals surface area contributed by atoms with Gasteiger partial charge in [-0.2, -0.15) is 5.10 Å². The molecule has 3 heterocycles. The van der Waals surface area contributed by atoms with Gasteiger partial charge in [-0.15, -0.1) is 24.0 Å². The van der Waals surface area contributed by atoms with Crippen LogP contribution in [0.4, 0.5) is 4.79 Å². The third-order valence-electron chi connectivity index (χ3n) is 4.28. The summed E-state index contributed by atoms with van der Waals surface area (Å²) in [6.45, 7) is 3.99. The molecule has 28 heavy (non-hydrogen) atoms. The number of carbonyl (C=O) groups is 1. The number of furan rings is 1. The molecular formula is C17H26IN7O3. The Hall–Kier alpha value is -2.31. The molecule has 1 amide bonds. The van der Waals surface area contributed by atoms with E-state index in [0.29, 0.717) is 50.2 Å². The van der Waals surface area contributed by atoms with Crippen molar-refractivity contribution < 1.29 is 13.9 Å². The van der Waals surface area contributed by atoms with Crippen LogP contribution in [0.5, 0.6) is 0 Å². The maximum atomic E-state index is 11.7. The number of nitrogens with zero attached hydrogens (tertiary/aromatic N) is 4. The van der Waals surface area contributed by atoms with Crippen LogP contribution in [0.3, 0.4) is 0 Å². The number of H-pyrrole nitrogens is 1. The average molecular weight is 503 g/mol. The van der Waals surface area contributed by atoms with Crippen molar-refractivity contribution in [3.8, 4) is 11.6 Å². The van der Waals surface area contributed by atoms with Crippen LogP contribution in [0.25, 0.3) is 11.6 Å². The molecule has 1 fully saturated rings. The molecule has 10 nitrogen and oxygen atoms in total. The Morgan fingerprint density at radius 1 is 1.50 bits per heavy atom. The van der Waals surface area contributed by atoms with Gasteiger partial charge in [0.05, 0.1) is 12.9 Å². The molecule has 0 spiro atoms. The van der Waals surface area contributed by atoms with Gasteiger partial charge < -0.3 is 25.1 Å². The molecule has 3 rings (SSSR count). The van der Waals surface area contributed by atoms with E-state index in [1.165, 1.54) is 0 Å². The molecule has 0 bridgehead atoms. The van der Waals surface area contributed by atoms with E-state index < -0.39 is 0 Å². The Morgan fingerprint density at radius 2 is 2.29 bits per heavy atom. The fourth-order valence-electron chi connectivity index (χ4n) is 2.88. The second kappa shape index (κ2) is 10.9. The Labute approximate surface area is 180 Å². The van der Waals surface area contributed by atoms with Crippen LogP contribution < -0.4 is 11.1 Å². The fourth-order valence-corrected chi connectivity index (χ4v) is 2.88. The van der Waals surface area contributed by atoms with Crippen molar-refractivity contribution in [2.45, 2.75) is 32.2 Å². The summed E-state index contributed by atoms with van der Waals surface area (Å²) in [7, 11) is 0. The maximum absolute atomic E-state index is 11.7. The molecule has 0 radical (unpaired) electrons. The highest BCUT2D eigenvalue weighted by Crippen LogP contribution is 2.14. The molecule has 0 atom stereocenters. The van der Waals surface area contributed by atoms with Crippen LogP contribution in [0, 0.1) is 0 Å². The highest BCUT2D eigenvalue weighted by atomic mass is 127. The summed E-state index contributed by atoms with van der Waals surface area (Å²) >= 11 is 0. The lowest BCUT2D eigenvalue weighted by atomic mass is 10.1. The summed E-state index contributed by atoms with van der Waals surface area (Å²) in [6.07, 6.45) is 3.54. The van der Waals surface area contributed by atoms with Gasteiger partial charge in [0.2, 0.25) is 5.82 Å². The summed E-state index contributed by atoms with van der Waals surface area (Å²) in [5, 5.41) is 10.2.